The van der Waals surface area contributed by atoms with Crippen LogP contribution in [0.4, 0.5) is 0 Å². The molecule has 0 atom stereocenters. The van der Waals surface area contributed by atoms with Gasteiger partial charge >= 0.3 is 0 Å². The summed E-state index contributed by atoms with van der Waals surface area (Å²) in [5.41, 5.74) is 3.79. The summed E-state index contributed by atoms with van der Waals surface area (Å²) in [6.07, 6.45) is 1.74. The van der Waals surface area contributed by atoms with Crippen LogP contribution >= 0.6 is 0 Å². The minimum Gasteiger partial charge on any atom is -0.496 e. The molecule has 6 nitrogen and oxygen atoms in total. The standard InChI is InChI=1S/C20H22N4O2/c1-14-7-8-18-17(13-14)21-22-24(18)15-9-11-23(12-10-15)20(25)16-5-3-4-6-19(16)26-2/h3-8,13,15H,9-12H2,1-2H3. The van der Waals surface area contributed by atoms with Crippen LogP contribution in [-0.4, -0.2) is 46.0 Å². The summed E-state index contributed by atoms with van der Waals surface area (Å²) in [6, 6.07) is 13.9. The lowest BCUT2D eigenvalue weighted by Crippen LogP contribution is -2.39. The van der Waals surface area contributed by atoms with E-state index in [4.69, 9.17) is 4.74 Å². The van der Waals surface area contributed by atoms with Crippen molar-refractivity contribution in [1.82, 2.24) is 19.9 Å². The van der Waals surface area contributed by atoms with Crippen molar-refractivity contribution in [2.24, 2.45) is 0 Å². The van der Waals surface area contributed by atoms with Gasteiger partial charge in [0.1, 0.15) is 11.3 Å². The number of aromatic nitrogens is 3. The molecule has 1 aromatic heterocycles. The molecule has 0 saturated carbocycles. The maximum Gasteiger partial charge on any atom is 0.257 e. The number of ether oxygens (including phenoxy) is 1. The number of methoxy groups -OCH3 is 1. The Morgan fingerprint density at radius 3 is 2.69 bits per heavy atom. The molecule has 0 radical (unpaired) electrons. The van der Waals surface area contributed by atoms with Gasteiger partial charge in [-0.2, -0.15) is 0 Å². The van der Waals surface area contributed by atoms with Crippen molar-refractivity contribution in [3.63, 3.8) is 0 Å². The van der Waals surface area contributed by atoms with Crippen molar-refractivity contribution in [2.45, 2.75) is 25.8 Å². The molecular weight excluding hydrogens is 328 g/mol. The summed E-state index contributed by atoms with van der Waals surface area (Å²) in [5, 5.41) is 8.65. The number of para-hydroxylation sites is 1. The Kier molecular flexibility index (Phi) is 4.32. The van der Waals surface area contributed by atoms with E-state index in [1.807, 2.05) is 33.8 Å². The predicted molar refractivity (Wildman–Crippen MR) is 99.4 cm³/mol. The molecule has 1 amide bonds. The van der Waals surface area contributed by atoms with Gasteiger partial charge in [0.05, 0.1) is 24.2 Å². The van der Waals surface area contributed by atoms with Crippen molar-refractivity contribution in [3.05, 3.63) is 53.6 Å². The fraction of sp³-hybridized carbons (Fsp3) is 0.350. The van der Waals surface area contributed by atoms with Crippen molar-refractivity contribution in [1.29, 1.82) is 0 Å². The van der Waals surface area contributed by atoms with Gasteiger partial charge < -0.3 is 9.64 Å². The van der Waals surface area contributed by atoms with E-state index in [1.54, 1.807) is 7.11 Å². The highest BCUT2D eigenvalue weighted by molar-refractivity contribution is 5.97. The molecule has 6 heteroatoms. The van der Waals surface area contributed by atoms with Gasteiger partial charge in [-0.3, -0.25) is 4.79 Å². The molecule has 1 saturated heterocycles. The van der Waals surface area contributed by atoms with Crippen LogP contribution in [0.1, 0.15) is 34.8 Å². The van der Waals surface area contributed by atoms with Crippen LogP contribution in [0, 0.1) is 6.92 Å². The normalized spacial score (nSPS) is 15.4. The van der Waals surface area contributed by atoms with Gasteiger partial charge in [0.25, 0.3) is 5.91 Å². The van der Waals surface area contributed by atoms with Crippen molar-refractivity contribution in [2.75, 3.05) is 20.2 Å². The van der Waals surface area contributed by atoms with Crippen LogP contribution in [0.25, 0.3) is 11.0 Å². The monoisotopic (exact) mass is 350 g/mol. The quantitative estimate of drug-likeness (QED) is 0.728. The van der Waals surface area contributed by atoms with Crippen molar-refractivity contribution >= 4 is 16.9 Å². The number of amides is 1. The van der Waals surface area contributed by atoms with Gasteiger partial charge in [0, 0.05) is 13.1 Å². The summed E-state index contributed by atoms with van der Waals surface area (Å²) in [4.78, 5) is 14.7. The summed E-state index contributed by atoms with van der Waals surface area (Å²) >= 11 is 0. The van der Waals surface area contributed by atoms with Crippen LogP contribution < -0.4 is 4.74 Å². The van der Waals surface area contributed by atoms with E-state index in [2.05, 4.69) is 35.4 Å². The first-order valence-electron chi connectivity index (χ1n) is 8.91. The Morgan fingerprint density at radius 1 is 1.15 bits per heavy atom. The van der Waals surface area contributed by atoms with E-state index < -0.39 is 0 Å². The Morgan fingerprint density at radius 2 is 1.92 bits per heavy atom. The van der Waals surface area contributed by atoms with Gasteiger partial charge in [0.15, 0.2) is 0 Å². The third kappa shape index (κ3) is 2.92. The van der Waals surface area contributed by atoms with Crippen LogP contribution in [-0.2, 0) is 0 Å². The highest BCUT2D eigenvalue weighted by Gasteiger charge is 2.27. The fourth-order valence-corrected chi connectivity index (χ4v) is 3.63. The number of carbonyl (C=O) groups excluding carboxylic acids is 1. The third-order valence-electron chi connectivity index (χ3n) is 5.06. The Bertz CT molecular complexity index is 942. The molecule has 134 valence electrons. The third-order valence-corrected chi connectivity index (χ3v) is 5.06. The maximum atomic E-state index is 12.8. The smallest absolute Gasteiger partial charge is 0.257 e. The Labute approximate surface area is 152 Å². The number of aryl methyl sites for hydroxylation is 1. The van der Waals surface area contributed by atoms with Gasteiger partial charge in [-0.15, -0.1) is 5.10 Å². The topological polar surface area (TPSA) is 60.2 Å². The summed E-state index contributed by atoms with van der Waals surface area (Å²) in [5.74, 6) is 0.650. The average molecular weight is 350 g/mol. The average Bonchev–Trinajstić information content (AvgIpc) is 3.10. The number of benzene rings is 2. The first kappa shape index (κ1) is 16.6. The van der Waals surface area contributed by atoms with Crippen molar-refractivity contribution < 1.29 is 9.53 Å². The van der Waals surface area contributed by atoms with E-state index in [0.29, 0.717) is 24.4 Å². The van der Waals surface area contributed by atoms with E-state index in [9.17, 15) is 4.79 Å². The zero-order valence-corrected chi connectivity index (χ0v) is 15.1. The lowest BCUT2D eigenvalue weighted by molar-refractivity contribution is 0.0687. The van der Waals surface area contributed by atoms with Crippen LogP contribution in [0.3, 0.4) is 0 Å². The fourth-order valence-electron chi connectivity index (χ4n) is 3.63. The molecule has 0 aliphatic carbocycles. The second-order valence-electron chi connectivity index (χ2n) is 6.75. The molecule has 0 spiro atoms. The molecule has 4 rings (SSSR count). The van der Waals surface area contributed by atoms with Gasteiger partial charge in [-0.1, -0.05) is 23.4 Å². The minimum absolute atomic E-state index is 0.0278. The van der Waals surface area contributed by atoms with Crippen LogP contribution in [0.2, 0.25) is 0 Å². The molecule has 0 bridgehead atoms. The van der Waals surface area contributed by atoms with Crippen molar-refractivity contribution in [3.8, 4) is 5.75 Å². The number of nitrogens with zero attached hydrogens (tertiary/aromatic N) is 4. The SMILES string of the molecule is COc1ccccc1C(=O)N1CCC(n2nnc3cc(C)ccc32)CC1. The molecule has 1 aliphatic rings. The van der Waals surface area contributed by atoms with Gasteiger partial charge in [-0.05, 0) is 49.6 Å². The van der Waals surface area contributed by atoms with Gasteiger partial charge in [-0.25, -0.2) is 4.68 Å². The van der Waals surface area contributed by atoms with E-state index in [1.165, 1.54) is 5.56 Å². The summed E-state index contributed by atoms with van der Waals surface area (Å²) in [7, 11) is 1.59. The molecule has 0 N–H and O–H groups in total. The van der Waals surface area contributed by atoms with Gasteiger partial charge in [0.2, 0.25) is 0 Å². The largest absolute Gasteiger partial charge is 0.496 e. The number of carbonyl (C=O) groups is 1. The number of hydrogen-bond donors (Lipinski definition) is 0. The second-order valence-corrected chi connectivity index (χ2v) is 6.75. The Hall–Kier alpha value is -2.89. The molecule has 1 aliphatic heterocycles. The molecular formula is C20H22N4O2. The van der Waals surface area contributed by atoms with Crippen LogP contribution in [0.5, 0.6) is 5.75 Å². The molecule has 2 heterocycles. The van der Waals surface area contributed by atoms with E-state index in [-0.39, 0.29) is 11.9 Å². The molecule has 2 aromatic carbocycles. The number of likely N-dealkylation sites (tertiary alicyclic amines) is 1. The number of fused-ring (bicyclic) bond motifs is 1. The predicted octanol–water partition coefficient (Wildman–Crippen LogP) is 3.23. The summed E-state index contributed by atoms with van der Waals surface area (Å²) < 4.78 is 7.34. The second kappa shape index (κ2) is 6.78. The summed E-state index contributed by atoms with van der Waals surface area (Å²) in [6.45, 7) is 3.46. The molecule has 0 unspecified atom stereocenters. The minimum atomic E-state index is 0.0278. The maximum absolute atomic E-state index is 12.8. The lowest BCUT2D eigenvalue weighted by atomic mass is 10.0. The number of piperidine rings is 1. The zero-order valence-electron chi connectivity index (χ0n) is 15.1. The van der Waals surface area contributed by atoms with E-state index in [0.717, 1.165) is 23.9 Å². The highest BCUT2D eigenvalue weighted by atomic mass is 16.5. The molecule has 3 aromatic rings. The van der Waals surface area contributed by atoms with Crippen LogP contribution in [0.15, 0.2) is 42.5 Å². The number of hydrogen-bond acceptors (Lipinski definition) is 4. The number of rotatable bonds is 3. The van der Waals surface area contributed by atoms with E-state index >= 15 is 0 Å². The first-order valence-corrected chi connectivity index (χ1v) is 8.91. The lowest BCUT2D eigenvalue weighted by Gasteiger charge is -2.32. The Balaban J connectivity index is 1.49. The molecule has 26 heavy (non-hydrogen) atoms. The molecule has 1 fully saturated rings. The zero-order chi connectivity index (χ0) is 18.1. The highest BCUT2D eigenvalue weighted by Crippen LogP contribution is 2.28. The first-order chi connectivity index (χ1) is 12.7.